The molecule has 0 aliphatic carbocycles. The molecule has 1 aromatic carbocycles. The predicted molar refractivity (Wildman–Crippen MR) is 83.4 cm³/mol. The Balaban J connectivity index is 1.52. The normalized spacial score (nSPS) is 20.1. The summed E-state index contributed by atoms with van der Waals surface area (Å²) in [5.74, 6) is 1.28. The van der Waals surface area contributed by atoms with E-state index in [1.807, 2.05) is 29.8 Å². The highest BCUT2D eigenvalue weighted by Gasteiger charge is 2.25. The van der Waals surface area contributed by atoms with Crippen molar-refractivity contribution in [3.05, 3.63) is 46.7 Å². The van der Waals surface area contributed by atoms with Crippen molar-refractivity contribution >= 4 is 22.4 Å². The molecule has 0 radical (unpaired) electrons. The van der Waals surface area contributed by atoms with Gasteiger partial charge in [-0.15, -0.1) is 11.3 Å². The summed E-state index contributed by atoms with van der Waals surface area (Å²) in [5.41, 5.74) is 4.92. The monoisotopic (exact) mass is 299 g/mol. The molecule has 1 fully saturated rings. The van der Waals surface area contributed by atoms with Crippen molar-refractivity contribution in [2.45, 2.75) is 25.3 Å². The van der Waals surface area contributed by atoms with E-state index in [2.05, 4.69) is 20.2 Å². The quantitative estimate of drug-likeness (QED) is 0.740. The molecule has 1 saturated heterocycles. The topological polar surface area (TPSA) is 42.2 Å². The Bertz CT molecular complexity index is 689. The first-order chi connectivity index (χ1) is 10.4. The van der Waals surface area contributed by atoms with Gasteiger partial charge in [0.1, 0.15) is 5.52 Å². The summed E-state index contributed by atoms with van der Waals surface area (Å²) in [4.78, 5) is 11.5. The highest BCUT2D eigenvalue weighted by molar-refractivity contribution is 7.07. The van der Waals surface area contributed by atoms with E-state index < -0.39 is 0 Å². The van der Waals surface area contributed by atoms with E-state index in [0.29, 0.717) is 5.92 Å². The van der Waals surface area contributed by atoms with Crippen LogP contribution in [0.1, 0.15) is 30.3 Å². The van der Waals surface area contributed by atoms with Crippen molar-refractivity contribution < 1.29 is 4.42 Å². The van der Waals surface area contributed by atoms with Gasteiger partial charge in [0.2, 0.25) is 0 Å². The lowest BCUT2D eigenvalue weighted by Crippen LogP contribution is -2.34. The third kappa shape index (κ3) is 2.71. The van der Waals surface area contributed by atoms with Crippen LogP contribution in [0.4, 0.5) is 0 Å². The summed E-state index contributed by atoms with van der Waals surface area (Å²) < 4.78 is 5.94. The summed E-state index contributed by atoms with van der Waals surface area (Å²) in [6.45, 7) is 3.07. The van der Waals surface area contributed by atoms with Crippen molar-refractivity contribution in [2.75, 3.05) is 13.1 Å². The van der Waals surface area contributed by atoms with Crippen LogP contribution in [0.2, 0.25) is 0 Å². The van der Waals surface area contributed by atoms with Gasteiger partial charge in [0, 0.05) is 24.4 Å². The van der Waals surface area contributed by atoms with Gasteiger partial charge in [0.05, 0.1) is 11.2 Å². The van der Waals surface area contributed by atoms with Gasteiger partial charge < -0.3 is 4.42 Å². The van der Waals surface area contributed by atoms with Crippen LogP contribution in [0.3, 0.4) is 0 Å². The average molecular weight is 299 g/mol. The Morgan fingerprint density at radius 1 is 1.33 bits per heavy atom. The van der Waals surface area contributed by atoms with Gasteiger partial charge in [-0.05, 0) is 31.5 Å². The average Bonchev–Trinajstić information content (AvgIpc) is 3.16. The van der Waals surface area contributed by atoms with Crippen LogP contribution in [-0.4, -0.2) is 28.0 Å². The Labute approximate surface area is 127 Å². The fraction of sp³-hybridized carbons (Fsp3) is 0.375. The number of likely N-dealkylation sites (tertiary alicyclic amines) is 1. The van der Waals surface area contributed by atoms with Crippen LogP contribution in [-0.2, 0) is 6.54 Å². The van der Waals surface area contributed by atoms with Crippen LogP contribution >= 0.6 is 11.3 Å². The predicted octanol–water partition coefficient (Wildman–Crippen LogP) is 3.66. The molecule has 5 heteroatoms. The number of aromatic nitrogens is 2. The van der Waals surface area contributed by atoms with Gasteiger partial charge in [0.25, 0.3) is 0 Å². The van der Waals surface area contributed by atoms with Gasteiger partial charge in [-0.3, -0.25) is 4.90 Å². The summed E-state index contributed by atoms with van der Waals surface area (Å²) >= 11 is 1.66. The lowest BCUT2D eigenvalue weighted by Gasteiger charge is -2.30. The minimum absolute atomic E-state index is 0.393. The van der Waals surface area contributed by atoms with E-state index in [1.165, 1.54) is 12.1 Å². The van der Waals surface area contributed by atoms with Gasteiger partial charge in [-0.2, -0.15) is 0 Å². The van der Waals surface area contributed by atoms with E-state index in [9.17, 15) is 0 Å². The van der Waals surface area contributed by atoms with Gasteiger partial charge >= 0.3 is 0 Å². The number of hydrogen-bond acceptors (Lipinski definition) is 5. The molecule has 0 saturated carbocycles. The Morgan fingerprint density at radius 2 is 2.29 bits per heavy atom. The third-order valence-electron chi connectivity index (χ3n) is 4.03. The van der Waals surface area contributed by atoms with E-state index in [4.69, 9.17) is 4.42 Å². The summed E-state index contributed by atoms with van der Waals surface area (Å²) in [6.07, 6.45) is 2.34. The molecule has 4 rings (SSSR count). The lowest BCUT2D eigenvalue weighted by atomic mass is 9.98. The smallest absolute Gasteiger partial charge is 0.199 e. The molecule has 0 N–H and O–H groups in total. The number of fused-ring (bicyclic) bond motifs is 1. The maximum Gasteiger partial charge on any atom is 0.199 e. The minimum Gasteiger partial charge on any atom is -0.440 e. The Hall–Kier alpha value is -1.72. The van der Waals surface area contributed by atoms with Crippen molar-refractivity contribution in [3.8, 4) is 0 Å². The van der Waals surface area contributed by atoms with Crippen molar-refractivity contribution in [3.63, 3.8) is 0 Å². The van der Waals surface area contributed by atoms with E-state index in [1.54, 1.807) is 11.3 Å². The van der Waals surface area contributed by atoms with Crippen LogP contribution in [0.25, 0.3) is 11.1 Å². The van der Waals surface area contributed by atoms with Crippen molar-refractivity contribution in [2.24, 2.45) is 0 Å². The Kier molecular flexibility index (Phi) is 3.45. The number of rotatable bonds is 3. The first-order valence-electron chi connectivity index (χ1n) is 7.33. The molecule has 0 bridgehead atoms. The fourth-order valence-electron chi connectivity index (χ4n) is 3.01. The second-order valence-electron chi connectivity index (χ2n) is 5.57. The second kappa shape index (κ2) is 5.58. The molecule has 1 atom stereocenters. The molecular weight excluding hydrogens is 282 g/mol. The maximum atomic E-state index is 5.94. The largest absolute Gasteiger partial charge is 0.440 e. The standard InChI is InChI=1S/C16H17N3OS/c1-2-6-15-14(5-1)18-16(20-15)12-4-3-7-19(8-12)9-13-10-21-11-17-13/h1-2,5-6,10-12H,3-4,7-9H2/t12-/m0/s1. The molecule has 108 valence electrons. The van der Waals surface area contributed by atoms with Crippen LogP contribution in [0.5, 0.6) is 0 Å². The van der Waals surface area contributed by atoms with Gasteiger partial charge in [-0.25, -0.2) is 9.97 Å². The van der Waals surface area contributed by atoms with Crippen LogP contribution in [0, 0.1) is 0 Å². The third-order valence-corrected chi connectivity index (χ3v) is 4.67. The molecule has 2 aromatic heterocycles. The maximum absolute atomic E-state index is 5.94. The molecule has 0 unspecified atom stereocenters. The molecular formula is C16H17N3OS. The van der Waals surface area contributed by atoms with E-state index in [-0.39, 0.29) is 0 Å². The zero-order chi connectivity index (χ0) is 14.1. The van der Waals surface area contributed by atoms with E-state index >= 15 is 0 Å². The summed E-state index contributed by atoms with van der Waals surface area (Å²) in [7, 11) is 0. The molecule has 21 heavy (non-hydrogen) atoms. The number of benzene rings is 1. The zero-order valence-electron chi connectivity index (χ0n) is 11.7. The lowest BCUT2D eigenvalue weighted by molar-refractivity contribution is 0.185. The number of oxazole rings is 1. The molecule has 1 aliphatic heterocycles. The molecule has 3 heterocycles. The highest BCUT2D eigenvalue weighted by atomic mass is 32.1. The Morgan fingerprint density at radius 3 is 3.14 bits per heavy atom. The first kappa shape index (κ1) is 13.0. The van der Waals surface area contributed by atoms with E-state index in [0.717, 1.165) is 43.0 Å². The van der Waals surface area contributed by atoms with Crippen molar-refractivity contribution in [1.82, 2.24) is 14.9 Å². The number of thiazole rings is 1. The highest BCUT2D eigenvalue weighted by Crippen LogP contribution is 2.29. The van der Waals surface area contributed by atoms with Crippen LogP contribution < -0.4 is 0 Å². The molecule has 4 nitrogen and oxygen atoms in total. The fourth-order valence-corrected chi connectivity index (χ4v) is 3.56. The summed E-state index contributed by atoms with van der Waals surface area (Å²) in [6, 6.07) is 8.00. The van der Waals surface area contributed by atoms with Crippen molar-refractivity contribution in [1.29, 1.82) is 0 Å². The number of para-hydroxylation sites is 2. The molecule has 1 aliphatic rings. The van der Waals surface area contributed by atoms with Gasteiger partial charge in [-0.1, -0.05) is 12.1 Å². The number of nitrogens with zero attached hydrogens (tertiary/aromatic N) is 3. The second-order valence-corrected chi connectivity index (χ2v) is 6.29. The molecule has 0 spiro atoms. The molecule has 3 aromatic rings. The summed E-state index contributed by atoms with van der Waals surface area (Å²) in [5, 5.41) is 2.13. The van der Waals surface area contributed by atoms with Crippen LogP contribution in [0.15, 0.2) is 39.6 Å². The van der Waals surface area contributed by atoms with Gasteiger partial charge in [0.15, 0.2) is 11.5 Å². The number of piperidine rings is 1. The number of hydrogen-bond donors (Lipinski definition) is 0. The minimum atomic E-state index is 0.393. The molecule has 0 amide bonds. The SMILES string of the molecule is c1ccc2oc([C@H]3CCCN(Cc4cscn4)C3)nc2c1. The zero-order valence-corrected chi connectivity index (χ0v) is 12.6. The first-order valence-corrected chi connectivity index (χ1v) is 8.27.